The Morgan fingerprint density at radius 2 is 1.86 bits per heavy atom. The van der Waals surface area contributed by atoms with Gasteiger partial charge in [-0.3, -0.25) is 25.2 Å². The molecular weight excluding hydrogens is 451 g/mol. The topological polar surface area (TPSA) is 94.6 Å². The number of aromatic nitrogens is 1. The molecule has 160 valence electrons. The van der Waals surface area contributed by atoms with Crippen molar-refractivity contribution in [3.05, 3.63) is 29.6 Å². The fourth-order valence-electron chi connectivity index (χ4n) is 2.21. The molecular formula is C15H18F3N5O3S3. The lowest BCUT2D eigenvalue weighted by Gasteiger charge is -2.23. The molecule has 1 saturated carbocycles. The van der Waals surface area contributed by atoms with Gasteiger partial charge in [-0.15, -0.1) is 4.83 Å². The molecule has 1 heterocycles. The van der Waals surface area contributed by atoms with E-state index in [1.54, 1.807) is 0 Å². The van der Waals surface area contributed by atoms with Crippen LogP contribution >= 0.6 is 24.4 Å². The molecule has 0 radical (unpaired) electrons. The number of hydrogen-bond acceptors (Lipinski definition) is 6. The average Bonchev–Trinajstić information content (AvgIpc) is 3.43. The fourth-order valence-corrected chi connectivity index (χ4v) is 3.71. The van der Waals surface area contributed by atoms with Crippen molar-refractivity contribution >= 4 is 50.3 Å². The van der Waals surface area contributed by atoms with E-state index < -0.39 is 33.6 Å². The van der Waals surface area contributed by atoms with Crippen molar-refractivity contribution in [2.24, 2.45) is 5.92 Å². The number of amides is 1. The van der Waals surface area contributed by atoms with E-state index in [9.17, 15) is 26.4 Å². The number of alkyl halides is 3. The predicted molar refractivity (Wildman–Crippen MR) is 107 cm³/mol. The average molecular weight is 470 g/mol. The van der Waals surface area contributed by atoms with Gasteiger partial charge in [0.2, 0.25) is 10.0 Å². The summed E-state index contributed by atoms with van der Waals surface area (Å²) < 4.78 is 61.9. The molecule has 0 bridgehead atoms. The highest BCUT2D eigenvalue weighted by atomic mass is 32.2. The third-order valence-electron chi connectivity index (χ3n) is 3.75. The Balaban J connectivity index is 1.91. The van der Waals surface area contributed by atoms with Crippen molar-refractivity contribution in [3.63, 3.8) is 0 Å². The minimum Gasteiger partial charge on any atom is -0.291 e. The van der Waals surface area contributed by atoms with Crippen LogP contribution in [-0.2, 0) is 21.0 Å². The summed E-state index contributed by atoms with van der Waals surface area (Å²) in [5, 5.41) is 2.22. The summed E-state index contributed by atoms with van der Waals surface area (Å²) in [6, 6.07) is 1.86. The van der Waals surface area contributed by atoms with Crippen molar-refractivity contribution in [2.75, 3.05) is 19.8 Å². The zero-order chi connectivity index (χ0) is 22.0. The van der Waals surface area contributed by atoms with Gasteiger partial charge in [-0.1, -0.05) is 24.4 Å². The third-order valence-corrected chi connectivity index (χ3v) is 6.06. The van der Waals surface area contributed by atoms with Gasteiger partial charge in [0.05, 0.1) is 4.99 Å². The normalized spacial score (nSPS) is 14.2. The maximum absolute atomic E-state index is 12.6. The van der Waals surface area contributed by atoms with Crippen LogP contribution in [0.15, 0.2) is 18.3 Å². The van der Waals surface area contributed by atoms with Crippen molar-refractivity contribution < 1.29 is 26.4 Å². The second-order valence-electron chi connectivity index (χ2n) is 6.35. The number of nitrogens with zero attached hydrogens (tertiary/aromatic N) is 3. The predicted octanol–water partition coefficient (Wildman–Crippen LogP) is 1.24. The van der Waals surface area contributed by atoms with Crippen LogP contribution in [0.4, 0.5) is 13.2 Å². The number of hydrogen-bond donors (Lipinski definition) is 2. The van der Waals surface area contributed by atoms with Crippen LogP contribution in [0.5, 0.6) is 0 Å². The van der Waals surface area contributed by atoms with Gasteiger partial charge in [-0.05, 0) is 25.0 Å². The molecule has 8 nitrogen and oxygen atoms in total. The number of carbonyl (C=O) groups excluding carboxylic acids is 1. The molecule has 29 heavy (non-hydrogen) atoms. The molecule has 1 amide bonds. The van der Waals surface area contributed by atoms with Crippen LogP contribution < -0.4 is 10.3 Å². The molecule has 14 heteroatoms. The highest BCUT2D eigenvalue weighted by Gasteiger charge is 2.32. The molecule has 0 unspecified atom stereocenters. The molecule has 0 atom stereocenters. The van der Waals surface area contributed by atoms with Gasteiger partial charge in [-0.25, -0.2) is 8.42 Å². The molecule has 2 N–H and O–H groups in total. The monoisotopic (exact) mass is 469 g/mol. The summed E-state index contributed by atoms with van der Waals surface area (Å²) in [5.74, 6) is -1.64. The second kappa shape index (κ2) is 8.85. The minimum atomic E-state index is -4.59. The van der Waals surface area contributed by atoms with E-state index in [1.807, 2.05) is 0 Å². The lowest BCUT2D eigenvalue weighted by Crippen LogP contribution is -2.49. The van der Waals surface area contributed by atoms with Gasteiger partial charge in [0, 0.05) is 31.8 Å². The molecule has 0 aliphatic heterocycles. The number of rotatable bonds is 6. The number of thiocarbonyl (C=S) groups is 2. The molecule has 1 aliphatic carbocycles. The first-order chi connectivity index (χ1) is 13.3. The Bertz CT molecular complexity index is 902. The Hall–Kier alpha value is -1.90. The van der Waals surface area contributed by atoms with Gasteiger partial charge >= 0.3 is 6.18 Å². The van der Waals surface area contributed by atoms with Crippen LogP contribution in [0.25, 0.3) is 0 Å². The molecule has 1 fully saturated rings. The van der Waals surface area contributed by atoms with Gasteiger partial charge in [0.1, 0.15) is 16.4 Å². The largest absolute Gasteiger partial charge is 0.433 e. The zero-order valence-electron chi connectivity index (χ0n) is 15.4. The number of sulfonamides is 1. The minimum absolute atomic E-state index is 0.0445. The molecule has 0 aromatic carbocycles. The molecule has 0 spiro atoms. The Morgan fingerprint density at radius 3 is 2.34 bits per heavy atom. The van der Waals surface area contributed by atoms with E-state index in [1.165, 1.54) is 19.1 Å². The molecule has 1 aromatic heterocycles. The molecule has 0 saturated heterocycles. The SMILES string of the molecule is CN(NC(=O)CS(=O)(=O)NN(C)C(=S)C1CC1)C(=S)c1ccc(C(F)(F)F)nc1. The first kappa shape index (κ1) is 23.4. The lowest BCUT2D eigenvalue weighted by molar-refractivity contribution is -0.141. The summed E-state index contributed by atoms with van der Waals surface area (Å²) in [7, 11) is -1.24. The first-order valence-corrected chi connectivity index (χ1v) is 10.7. The third kappa shape index (κ3) is 6.83. The maximum Gasteiger partial charge on any atom is 0.433 e. The van der Waals surface area contributed by atoms with E-state index >= 15 is 0 Å². The maximum atomic E-state index is 12.6. The number of hydrazine groups is 2. The standard InChI is InChI=1S/C15H18F3N5O3S3/c1-22(14(28)10-5-6-11(19-7-10)15(16,17)18)20-12(24)8-29(25,26)21-23(2)13(27)9-3-4-9/h5-7,9,21H,3-4,8H2,1-2H3,(H,20,24). The van der Waals surface area contributed by atoms with E-state index in [2.05, 4.69) is 15.2 Å². The summed E-state index contributed by atoms with van der Waals surface area (Å²) >= 11 is 10.2. The smallest absolute Gasteiger partial charge is 0.291 e. The van der Waals surface area contributed by atoms with Crippen molar-refractivity contribution in [3.8, 4) is 0 Å². The number of nitrogens with one attached hydrogen (secondary N) is 2. The quantitative estimate of drug-likeness (QED) is 0.475. The lowest BCUT2D eigenvalue weighted by atomic mass is 10.2. The highest BCUT2D eigenvalue weighted by molar-refractivity contribution is 7.90. The summed E-state index contributed by atoms with van der Waals surface area (Å²) in [5.41, 5.74) is 1.31. The number of carbonyl (C=O) groups is 1. The van der Waals surface area contributed by atoms with Crippen molar-refractivity contribution in [1.82, 2.24) is 25.3 Å². The van der Waals surface area contributed by atoms with Crippen LogP contribution in [0.1, 0.15) is 24.1 Å². The van der Waals surface area contributed by atoms with Crippen molar-refractivity contribution in [1.29, 1.82) is 0 Å². The van der Waals surface area contributed by atoms with Gasteiger partial charge in [0.15, 0.2) is 0 Å². The van der Waals surface area contributed by atoms with Gasteiger partial charge < -0.3 is 0 Å². The van der Waals surface area contributed by atoms with Crippen LogP contribution in [0.3, 0.4) is 0 Å². The summed E-state index contributed by atoms with van der Waals surface area (Å²) in [6.45, 7) is 0. The first-order valence-electron chi connectivity index (χ1n) is 8.18. The summed E-state index contributed by atoms with van der Waals surface area (Å²) in [6.07, 6.45) is -1.88. The fraction of sp³-hybridized carbons (Fsp3) is 0.467. The molecule has 1 aromatic rings. The van der Waals surface area contributed by atoms with Crippen molar-refractivity contribution in [2.45, 2.75) is 19.0 Å². The Kier molecular flexibility index (Phi) is 7.14. The Morgan fingerprint density at radius 1 is 1.24 bits per heavy atom. The van der Waals surface area contributed by atoms with Crippen LogP contribution in [-0.4, -0.2) is 59.2 Å². The van der Waals surface area contributed by atoms with E-state index in [-0.39, 0.29) is 16.5 Å². The van der Waals surface area contributed by atoms with Gasteiger partial charge in [0.25, 0.3) is 5.91 Å². The summed E-state index contributed by atoms with van der Waals surface area (Å²) in [4.78, 5) is 17.9. The molecule has 1 aliphatic rings. The zero-order valence-corrected chi connectivity index (χ0v) is 17.8. The highest BCUT2D eigenvalue weighted by Crippen LogP contribution is 2.31. The van der Waals surface area contributed by atoms with Gasteiger partial charge in [-0.2, -0.15) is 13.2 Å². The number of halogens is 3. The van der Waals surface area contributed by atoms with E-state index in [0.29, 0.717) is 4.99 Å². The molecule has 2 rings (SSSR count). The van der Waals surface area contributed by atoms with Crippen LogP contribution in [0.2, 0.25) is 0 Å². The van der Waals surface area contributed by atoms with E-state index in [0.717, 1.165) is 36.2 Å². The Labute approximate surface area is 176 Å². The van der Waals surface area contributed by atoms with Crippen LogP contribution in [0, 0.1) is 5.92 Å². The second-order valence-corrected chi connectivity index (χ2v) is 8.86. The van der Waals surface area contributed by atoms with E-state index in [4.69, 9.17) is 24.4 Å². The number of pyridine rings is 1.